The van der Waals surface area contributed by atoms with Gasteiger partial charge in [-0.05, 0) is 48.0 Å². The zero-order valence-corrected chi connectivity index (χ0v) is 14.5. The summed E-state index contributed by atoms with van der Waals surface area (Å²) in [6, 6.07) is 14.3. The molecule has 2 aromatic rings. The molecule has 2 rings (SSSR count). The highest BCUT2D eigenvalue weighted by Crippen LogP contribution is 2.23. The molecule has 0 radical (unpaired) electrons. The van der Waals surface area contributed by atoms with Crippen molar-refractivity contribution in [2.24, 2.45) is 0 Å². The summed E-state index contributed by atoms with van der Waals surface area (Å²) in [6.45, 7) is 4.47. The van der Waals surface area contributed by atoms with Crippen molar-refractivity contribution in [3.63, 3.8) is 0 Å². The molecule has 0 saturated heterocycles. The highest BCUT2D eigenvalue weighted by molar-refractivity contribution is 9.10. The lowest BCUT2D eigenvalue weighted by molar-refractivity contribution is 0.306. The molecule has 0 bridgehead atoms. The fourth-order valence-electron chi connectivity index (χ4n) is 1.78. The van der Waals surface area contributed by atoms with Crippen LogP contribution in [0, 0.1) is 0 Å². The second-order valence-corrected chi connectivity index (χ2v) is 6.22. The molecule has 106 valence electrons. The van der Waals surface area contributed by atoms with E-state index < -0.39 is 0 Å². The van der Waals surface area contributed by atoms with Gasteiger partial charge in [0.1, 0.15) is 12.4 Å². The van der Waals surface area contributed by atoms with Crippen molar-refractivity contribution in [3.05, 3.63) is 62.5 Å². The SMILES string of the molecule is CCNCc1cc(OCc2ccc(Br)cc2)ccc1Br. The molecule has 0 saturated carbocycles. The number of nitrogens with one attached hydrogen (secondary N) is 1. The van der Waals surface area contributed by atoms with E-state index in [9.17, 15) is 0 Å². The quantitative estimate of drug-likeness (QED) is 0.747. The fourth-order valence-corrected chi connectivity index (χ4v) is 2.43. The normalized spacial score (nSPS) is 10.6. The molecule has 0 unspecified atom stereocenters. The third kappa shape index (κ3) is 4.62. The predicted molar refractivity (Wildman–Crippen MR) is 90.0 cm³/mol. The Kier molecular flexibility index (Phi) is 6.07. The van der Waals surface area contributed by atoms with E-state index in [1.807, 2.05) is 24.3 Å². The van der Waals surface area contributed by atoms with Gasteiger partial charge in [-0.3, -0.25) is 0 Å². The van der Waals surface area contributed by atoms with E-state index in [0.717, 1.165) is 33.3 Å². The second kappa shape index (κ2) is 7.81. The first kappa shape index (κ1) is 15.5. The number of halogens is 2. The van der Waals surface area contributed by atoms with Crippen LogP contribution in [0.4, 0.5) is 0 Å². The third-order valence-corrected chi connectivity index (χ3v) is 4.20. The highest BCUT2D eigenvalue weighted by atomic mass is 79.9. The van der Waals surface area contributed by atoms with Crippen LogP contribution in [0.1, 0.15) is 18.1 Å². The van der Waals surface area contributed by atoms with Gasteiger partial charge >= 0.3 is 0 Å². The van der Waals surface area contributed by atoms with Crippen molar-refractivity contribution in [1.29, 1.82) is 0 Å². The monoisotopic (exact) mass is 397 g/mol. The van der Waals surface area contributed by atoms with Gasteiger partial charge in [0.15, 0.2) is 0 Å². The van der Waals surface area contributed by atoms with Crippen LogP contribution in [0.2, 0.25) is 0 Å². The minimum Gasteiger partial charge on any atom is -0.489 e. The number of hydrogen-bond donors (Lipinski definition) is 1. The summed E-state index contributed by atoms with van der Waals surface area (Å²) in [5.41, 5.74) is 2.37. The Morgan fingerprint density at radius 2 is 1.80 bits per heavy atom. The van der Waals surface area contributed by atoms with Crippen molar-refractivity contribution < 1.29 is 4.74 Å². The van der Waals surface area contributed by atoms with Crippen LogP contribution in [0.25, 0.3) is 0 Å². The van der Waals surface area contributed by atoms with Gasteiger partial charge in [0.05, 0.1) is 0 Å². The molecular formula is C16H17Br2NO. The maximum absolute atomic E-state index is 5.84. The number of ether oxygens (including phenoxy) is 1. The number of rotatable bonds is 6. The van der Waals surface area contributed by atoms with Gasteiger partial charge in [-0.1, -0.05) is 50.9 Å². The molecule has 0 aliphatic rings. The summed E-state index contributed by atoms with van der Waals surface area (Å²) in [5.74, 6) is 0.893. The maximum Gasteiger partial charge on any atom is 0.120 e. The summed E-state index contributed by atoms with van der Waals surface area (Å²) >= 11 is 6.99. The van der Waals surface area contributed by atoms with E-state index in [1.165, 1.54) is 5.56 Å². The minimum absolute atomic E-state index is 0.579. The molecule has 0 aliphatic carbocycles. The summed E-state index contributed by atoms with van der Waals surface area (Å²) < 4.78 is 8.03. The molecule has 0 aromatic heterocycles. The van der Waals surface area contributed by atoms with Gasteiger partial charge in [-0.25, -0.2) is 0 Å². The maximum atomic E-state index is 5.84. The number of benzene rings is 2. The first-order valence-electron chi connectivity index (χ1n) is 6.55. The van der Waals surface area contributed by atoms with Gasteiger partial charge in [0.25, 0.3) is 0 Å². The van der Waals surface area contributed by atoms with Crippen LogP contribution in [0.15, 0.2) is 51.4 Å². The molecule has 0 atom stereocenters. The van der Waals surface area contributed by atoms with Crippen LogP contribution in [0.5, 0.6) is 5.75 Å². The first-order valence-corrected chi connectivity index (χ1v) is 8.14. The molecule has 0 amide bonds. The zero-order chi connectivity index (χ0) is 14.4. The van der Waals surface area contributed by atoms with Crippen LogP contribution >= 0.6 is 31.9 Å². The molecule has 0 heterocycles. The summed E-state index contributed by atoms with van der Waals surface area (Å²) in [6.07, 6.45) is 0. The Morgan fingerprint density at radius 3 is 2.50 bits per heavy atom. The van der Waals surface area contributed by atoms with Crippen molar-refractivity contribution in [2.45, 2.75) is 20.1 Å². The summed E-state index contributed by atoms with van der Waals surface area (Å²) in [5, 5.41) is 3.32. The van der Waals surface area contributed by atoms with Gasteiger partial charge < -0.3 is 10.1 Å². The van der Waals surface area contributed by atoms with E-state index in [0.29, 0.717) is 6.61 Å². The van der Waals surface area contributed by atoms with Crippen molar-refractivity contribution >= 4 is 31.9 Å². The van der Waals surface area contributed by atoms with E-state index in [4.69, 9.17) is 4.74 Å². The fraction of sp³-hybridized carbons (Fsp3) is 0.250. The predicted octanol–water partition coefficient (Wildman–Crippen LogP) is 4.90. The van der Waals surface area contributed by atoms with Crippen LogP contribution in [0.3, 0.4) is 0 Å². The molecule has 2 aromatic carbocycles. The first-order chi connectivity index (χ1) is 9.69. The Labute approximate surface area is 136 Å². The lowest BCUT2D eigenvalue weighted by Gasteiger charge is -2.10. The van der Waals surface area contributed by atoms with Crippen molar-refractivity contribution in [3.8, 4) is 5.75 Å². The van der Waals surface area contributed by atoms with E-state index in [-0.39, 0.29) is 0 Å². The lowest BCUT2D eigenvalue weighted by atomic mass is 10.2. The molecule has 4 heteroatoms. The Hall–Kier alpha value is -0.840. The molecule has 0 spiro atoms. The van der Waals surface area contributed by atoms with E-state index >= 15 is 0 Å². The summed E-state index contributed by atoms with van der Waals surface area (Å²) in [4.78, 5) is 0. The molecular weight excluding hydrogens is 382 g/mol. The van der Waals surface area contributed by atoms with E-state index in [2.05, 4.69) is 62.3 Å². The highest BCUT2D eigenvalue weighted by Gasteiger charge is 2.03. The average Bonchev–Trinajstić information content (AvgIpc) is 2.46. The second-order valence-electron chi connectivity index (χ2n) is 4.45. The van der Waals surface area contributed by atoms with Crippen LogP contribution < -0.4 is 10.1 Å². The summed E-state index contributed by atoms with van der Waals surface area (Å²) in [7, 11) is 0. The molecule has 20 heavy (non-hydrogen) atoms. The Morgan fingerprint density at radius 1 is 1.05 bits per heavy atom. The van der Waals surface area contributed by atoms with Gasteiger partial charge in [-0.2, -0.15) is 0 Å². The molecule has 1 N–H and O–H groups in total. The minimum atomic E-state index is 0.579. The average molecular weight is 399 g/mol. The van der Waals surface area contributed by atoms with Crippen LogP contribution in [-0.4, -0.2) is 6.54 Å². The standard InChI is InChI=1S/C16H17Br2NO/c1-2-19-10-13-9-15(7-8-16(13)18)20-11-12-3-5-14(17)6-4-12/h3-9,19H,2,10-11H2,1H3. The third-order valence-electron chi connectivity index (χ3n) is 2.90. The van der Waals surface area contributed by atoms with Crippen molar-refractivity contribution in [1.82, 2.24) is 5.32 Å². The molecule has 2 nitrogen and oxygen atoms in total. The largest absolute Gasteiger partial charge is 0.489 e. The topological polar surface area (TPSA) is 21.3 Å². The van der Waals surface area contributed by atoms with Gasteiger partial charge in [-0.15, -0.1) is 0 Å². The zero-order valence-electron chi connectivity index (χ0n) is 11.3. The smallest absolute Gasteiger partial charge is 0.120 e. The lowest BCUT2D eigenvalue weighted by Crippen LogP contribution is -2.12. The van der Waals surface area contributed by atoms with Gasteiger partial charge in [0, 0.05) is 15.5 Å². The Balaban J connectivity index is 2.00. The molecule has 0 fully saturated rings. The van der Waals surface area contributed by atoms with Crippen LogP contribution in [-0.2, 0) is 13.2 Å². The molecule has 0 aliphatic heterocycles. The van der Waals surface area contributed by atoms with E-state index in [1.54, 1.807) is 0 Å². The van der Waals surface area contributed by atoms with Crippen molar-refractivity contribution in [2.75, 3.05) is 6.54 Å². The Bertz CT molecular complexity index is 555. The number of hydrogen-bond acceptors (Lipinski definition) is 2. The van der Waals surface area contributed by atoms with Gasteiger partial charge in [0.2, 0.25) is 0 Å².